The molecule has 2 aromatic heterocycles. The molecule has 3 amide bonds. The Hall–Kier alpha value is -3.39. The number of hydrogen-bond donors (Lipinski definition) is 8. The quantitative estimate of drug-likeness (QED) is 0.160. The summed E-state index contributed by atoms with van der Waals surface area (Å²) in [5.41, 5.74) is 7.17. The molecule has 0 aromatic carbocycles. The fourth-order valence-corrected chi connectivity index (χ4v) is 2.94. The molecule has 0 aliphatic heterocycles. The molecule has 4 atom stereocenters. The van der Waals surface area contributed by atoms with Crippen LogP contribution in [0.3, 0.4) is 0 Å². The summed E-state index contributed by atoms with van der Waals surface area (Å²) in [6, 6.07) is -4.28. The second-order valence-corrected chi connectivity index (χ2v) is 7.41. The van der Waals surface area contributed by atoms with Crippen LogP contribution in [0.2, 0.25) is 0 Å². The van der Waals surface area contributed by atoms with Gasteiger partial charge in [-0.2, -0.15) is 12.6 Å². The molecule has 0 fully saturated rings. The zero-order valence-corrected chi connectivity index (χ0v) is 18.1. The van der Waals surface area contributed by atoms with Crippen LogP contribution in [0, 0.1) is 0 Å². The zero-order valence-electron chi connectivity index (χ0n) is 17.2. The van der Waals surface area contributed by atoms with Crippen molar-refractivity contribution in [2.45, 2.75) is 43.9 Å². The minimum atomic E-state index is -1.25. The number of thiol groups is 1. The standard InChI is InChI=1S/C18H26N8O5S/c1-9(15(27)26-14(6-32)18(30)31)24-17(29)13(3-11-5-21-8-23-11)25-16(28)12(19)2-10-4-20-7-22-10/h4-5,7-9,12-14,32H,2-3,6,19H2,1H3,(H,20,22)(H,21,23)(H,24,29)(H,25,28)(H,26,27)(H,30,31). The number of rotatable bonds is 12. The van der Waals surface area contributed by atoms with E-state index in [1.54, 1.807) is 0 Å². The highest BCUT2D eigenvalue weighted by molar-refractivity contribution is 7.80. The highest BCUT2D eigenvalue weighted by Crippen LogP contribution is 2.03. The van der Waals surface area contributed by atoms with Gasteiger partial charge in [-0.3, -0.25) is 14.4 Å². The summed E-state index contributed by atoms with van der Waals surface area (Å²) in [6.07, 6.45) is 6.17. The van der Waals surface area contributed by atoms with Crippen molar-refractivity contribution in [3.63, 3.8) is 0 Å². The SMILES string of the molecule is CC(NC(=O)C(Cc1cnc[nH]1)NC(=O)C(N)Cc1cnc[nH]1)C(=O)NC(CS)C(=O)O. The molecule has 0 aliphatic carbocycles. The zero-order chi connectivity index (χ0) is 23.7. The summed E-state index contributed by atoms with van der Waals surface area (Å²) in [5, 5.41) is 16.4. The fourth-order valence-electron chi connectivity index (χ4n) is 2.69. The van der Waals surface area contributed by atoms with E-state index in [0.29, 0.717) is 11.4 Å². The van der Waals surface area contributed by atoms with Gasteiger partial charge in [0.1, 0.15) is 18.1 Å². The van der Waals surface area contributed by atoms with Gasteiger partial charge in [-0.25, -0.2) is 14.8 Å². The average Bonchev–Trinajstić information content (AvgIpc) is 3.45. The van der Waals surface area contributed by atoms with Gasteiger partial charge in [0.25, 0.3) is 0 Å². The monoisotopic (exact) mass is 466 g/mol. The molecule has 0 saturated carbocycles. The first kappa shape index (κ1) is 24.9. The van der Waals surface area contributed by atoms with Gasteiger partial charge in [-0.05, 0) is 6.92 Å². The molecule has 0 bridgehead atoms. The van der Waals surface area contributed by atoms with Crippen LogP contribution in [0.15, 0.2) is 25.0 Å². The van der Waals surface area contributed by atoms with Crippen LogP contribution in [0.5, 0.6) is 0 Å². The van der Waals surface area contributed by atoms with Crippen molar-refractivity contribution >= 4 is 36.3 Å². The van der Waals surface area contributed by atoms with E-state index in [9.17, 15) is 19.2 Å². The number of aliphatic carboxylic acids is 1. The lowest BCUT2D eigenvalue weighted by Crippen LogP contribution is -2.57. The van der Waals surface area contributed by atoms with Gasteiger partial charge < -0.3 is 36.8 Å². The predicted molar refractivity (Wildman–Crippen MR) is 116 cm³/mol. The number of aromatic nitrogens is 4. The van der Waals surface area contributed by atoms with Crippen molar-refractivity contribution in [1.29, 1.82) is 0 Å². The van der Waals surface area contributed by atoms with E-state index in [1.165, 1.54) is 32.0 Å². The van der Waals surface area contributed by atoms with Crippen LogP contribution in [0.4, 0.5) is 0 Å². The number of carbonyl (C=O) groups is 4. The molecule has 0 spiro atoms. The number of nitrogens with zero attached hydrogens (tertiary/aromatic N) is 2. The van der Waals surface area contributed by atoms with E-state index in [1.807, 2.05) is 0 Å². The summed E-state index contributed by atoms with van der Waals surface area (Å²) in [4.78, 5) is 62.1. The number of imidazole rings is 2. The van der Waals surface area contributed by atoms with E-state index in [2.05, 4.69) is 48.5 Å². The lowest BCUT2D eigenvalue weighted by molar-refractivity contribution is -0.141. The van der Waals surface area contributed by atoms with Crippen LogP contribution in [0.25, 0.3) is 0 Å². The van der Waals surface area contributed by atoms with E-state index in [0.717, 1.165) is 0 Å². The minimum absolute atomic E-state index is 0.0665. The number of nitrogens with two attached hydrogens (primary N) is 1. The third kappa shape index (κ3) is 7.39. The second-order valence-electron chi connectivity index (χ2n) is 7.04. The molecule has 0 radical (unpaired) electrons. The van der Waals surface area contributed by atoms with Gasteiger partial charge in [0.05, 0.1) is 18.7 Å². The highest BCUT2D eigenvalue weighted by Gasteiger charge is 2.28. The van der Waals surface area contributed by atoms with Crippen molar-refractivity contribution < 1.29 is 24.3 Å². The number of carbonyl (C=O) groups excluding carboxylic acids is 3. The van der Waals surface area contributed by atoms with E-state index in [4.69, 9.17) is 10.8 Å². The van der Waals surface area contributed by atoms with E-state index < -0.39 is 47.9 Å². The number of carboxylic acids is 1. The first-order valence-electron chi connectivity index (χ1n) is 9.66. The van der Waals surface area contributed by atoms with Gasteiger partial charge in [0.2, 0.25) is 17.7 Å². The number of carboxylic acid groups (broad SMARTS) is 1. The molecule has 4 unspecified atom stereocenters. The van der Waals surface area contributed by atoms with Gasteiger partial charge in [-0.1, -0.05) is 0 Å². The topological polar surface area (TPSA) is 208 Å². The van der Waals surface area contributed by atoms with Crippen LogP contribution in [-0.2, 0) is 32.0 Å². The highest BCUT2D eigenvalue weighted by atomic mass is 32.1. The normalized spacial score (nSPS) is 14.6. The molecule has 8 N–H and O–H groups in total. The summed E-state index contributed by atoms with van der Waals surface area (Å²) < 4.78 is 0. The fraction of sp³-hybridized carbons (Fsp3) is 0.444. The molecule has 14 heteroatoms. The van der Waals surface area contributed by atoms with Crippen LogP contribution < -0.4 is 21.7 Å². The first-order valence-corrected chi connectivity index (χ1v) is 10.3. The van der Waals surface area contributed by atoms with Crippen molar-refractivity contribution in [2.75, 3.05) is 5.75 Å². The maximum atomic E-state index is 12.8. The number of aromatic amines is 2. The third-order valence-electron chi connectivity index (χ3n) is 4.49. The number of nitrogens with one attached hydrogen (secondary N) is 5. The van der Waals surface area contributed by atoms with Crippen LogP contribution in [-0.4, -0.2) is 78.7 Å². The molecule has 13 nitrogen and oxygen atoms in total. The first-order chi connectivity index (χ1) is 15.2. The lowest BCUT2D eigenvalue weighted by Gasteiger charge is -2.23. The summed E-state index contributed by atoms with van der Waals surface area (Å²) in [5.74, 6) is -3.29. The van der Waals surface area contributed by atoms with Crippen molar-refractivity contribution in [1.82, 2.24) is 35.9 Å². The molecule has 0 aliphatic rings. The lowest BCUT2D eigenvalue weighted by atomic mass is 10.1. The molecule has 2 aromatic rings. The van der Waals surface area contributed by atoms with Crippen molar-refractivity contribution in [2.24, 2.45) is 5.73 Å². The van der Waals surface area contributed by atoms with Crippen LogP contribution >= 0.6 is 12.6 Å². The Morgan fingerprint density at radius 2 is 1.53 bits per heavy atom. The van der Waals surface area contributed by atoms with Gasteiger partial charge in [0, 0.05) is 42.4 Å². The van der Waals surface area contributed by atoms with Gasteiger partial charge >= 0.3 is 5.97 Å². The smallest absolute Gasteiger partial charge is 0.327 e. The Balaban J connectivity index is 2.03. The molecular weight excluding hydrogens is 440 g/mol. The van der Waals surface area contributed by atoms with E-state index >= 15 is 0 Å². The van der Waals surface area contributed by atoms with E-state index in [-0.39, 0.29) is 18.6 Å². The Bertz CT molecular complexity index is 905. The number of amides is 3. The summed E-state index contributed by atoms with van der Waals surface area (Å²) in [7, 11) is 0. The third-order valence-corrected chi connectivity index (χ3v) is 4.86. The molecule has 32 heavy (non-hydrogen) atoms. The molecule has 2 rings (SSSR count). The average molecular weight is 467 g/mol. The number of H-pyrrole nitrogens is 2. The second kappa shape index (κ2) is 11.9. The Kier molecular flexibility index (Phi) is 9.22. The molecule has 0 saturated heterocycles. The maximum absolute atomic E-state index is 12.8. The molecule has 174 valence electrons. The van der Waals surface area contributed by atoms with Crippen LogP contribution in [0.1, 0.15) is 18.3 Å². The van der Waals surface area contributed by atoms with Crippen molar-refractivity contribution in [3.8, 4) is 0 Å². The molecular formula is C18H26N8O5S. The Morgan fingerprint density at radius 1 is 0.969 bits per heavy atom. The molecule has 2 heterocycles. The Morgan fingerprint density at radius 3 is 2.03 bits per heavy atom. The minimum Gasteiger partial charge on any atom is -0.480 e. The predicted octanol–water partition coefficient (Wildman–Crippen LogP) is -2.27. The van der Waals surface area contributed by atoms with Crippen molar-refractivity contribution in [3.05, 3.63) is 36.4 Å². The number of hydrogen-bond acceptors (Lipinski definition) is 8. The largest absolute Gasteiger partial charge is 0.480 e. The maximum Gasteiger partial charge on any atom is 0.327 e. The summed E-state index contributed by atoms with van der Waals surface area (Å²) in [6.45, 7) is 1.39. The Labute approximate surface area is 188 Å². The van der Waals surface area contributed by atoms with Gasteiger partial charge in [-0.15, -0.1) is 0 Å². The van der Waals surface area contributed by atoms with Gasteiger partial charge in [0.15, 0.2) is 0 Å². The summed E-state index contributed by atoms with van der Waals surface area (Å²) >= 11 is 3.88.